The normalized spacial score (nSPS) is 12.7. The minimum atomic E-state index is 0.516. The van der Waals surface area contributed by atoms with Crippen molar-refractivity contribution < 1.29 is 4.74 Å². The molecule has 0 amide bonds. The molecule has 1 atom stereocenters. The summed E-state index contributed by atoms with van der Waals surface area (Å²) in [4.78, 5) is 0. The Morgan fingerprint density at radius 1 is 1.22 bits per heavy atom. The quantitative estimate of drug-likeness (QED) is 0.714. The van der Waals surface area contributed by atoms with Crippen LogP contribution in [0.4, 0.5) is 0 Å². The summed E-state index contributed by atoms with van der Waals surface area (Å²) in [5.41, 5.74) is 4.19. The largest absolute Gasteiger partial charge is 0.382 e. The first-order valence-electron chi connectivity index (χ1n) is 7.04. The van der Waals surface area contributed by atoms with Crippen molar-refractivity contribution in [1.29, 1.82) is 0 Å². The van der Waals surface area contributed by atoms with Crippen LogP contribution in [0.15, 0.2) is 18.2 Å². The van der Waals surface area contributed by atoms with Gasteiger partial charge in [-0.1, -0.05) is 30.7 Å². The third-order valence-corrected chi connectivity index (χ3v) is 3.28. The average Bonchev–Trinajstić information content (AvgIpc) is 2.34. The monoisotopic (exact) mass is 249 g/mol. The SMILES string of the molecule is CCNC(CCOCC)Cc1cc(C)ccc1C. The number of ether oxygens (including phenoxy) is 1. The zero-order valence-corrected chi connectivity index (χ0v) is 12.3. The van der Waals surface area contributed by atoms with Crippen LogP contribution >= 0.6 is 0 Å². The number of hydrogen-bond acceptors (Lipinski definition) is 2. The first kappa shape index (κ1) is 15.2. The minimum absolute atomic E-state index is 0.516. The summed E-state index contributed by atoms with van der Waals surface area (Å²) in [6.45, 7) is 11.2. The predicted molar refractivity (Wildman–Crippen MR) is 78.2 cm³/mol. The summed E-state index contributed by atoms with van der Waals surface area (Å²) >= 11 is 0. The maximum atomic E-state index is 5.46. The van der Waals surface area contributed by atoms with E-state index in [0.717, 1.165) is 32.6 Å². The molecule has 1 unspecified atom stereocenters. The highest BCUT2D eigenvalue weighted by molar-refractivity contribution is 5.31. The third-order valence-electron chi connectivity index (χ3n) is 3.28. The third kappa shape index (κ3) is 5.19. The van der Waals surface area contributed by atoms with Crippen LogP contribution in [0.5, 0.6) is 0 Å². The lowest BCUT2D eigenvalue weighted by Crippen LogP contribution is -2.32. The molecule has 2 heteroatoms. The van der Waals surface area contributed by atoms with Crippen LogP contribution in [-0.2, 0) is 11.2 Å². The van der Waals surface area contributed by atoms with Gasteiger partial charge in [0.1, 0.15) is 0 Å². The molecule has 1 rings (SSSR count). The Kier molecular flexibility index (Phi) is 6.99. The number of benzene rings is 1. The first-order chi connectivity index (χ1) is 8.67. The standard InChI is InChI=1S/C16H27NO/c1-5-17-16(9-10-18-6-2)12-15-11-13(3)7-8-14(15)4/h7-8,11,16-17H,5-6,9-10,12H2,1-4H3. The Labute approximate surface area is 112 Å². The fourth-order valence-electron chi connectivity index (χ4n) is 2.22. The Morgan fingerprint density at radius 2 is 2.00 bits per heavy atom. The maximum absolute atomic E-state index is 5.46. The lowest BCUT2D eigenvalue weighted by Gasteiger charge is -2.19. The van der Waals surface area contributed by atoms with E-state index >= 15 is 0 Å². The van der Waals surface area contributed by atoms with Gasteiger partial charge in [-0.15, -0.1) is 0 Å². The number of rotatable bonds is 8. The molecule has 1 aromatic rings. The van der Waals surface area contributed by atoms with Gasteiger partial charge in [-0.05, 0) is 51.3 Å². The van der Waals surface area contributed by atoms with Crippen molar-refractivity contribution in [2.24, 2.45) is 0 Å². The molecule has 102 valence electrons. The van der Waals surface area contributed by atoms with E-state index in [1.807, 2.05) is 6.92 Å². The summed E-state index contributed by atoms with van der Waals surface area (Å²) in [7, 11) is 0. The molecule has 0 aliphatic carbocycles. The molecular weight excluding hydrogens is 222 g/mol. The van der Waals surface area contributed by atoms with Crippen LogP contribution in [0.25, 0.3) is 0 Å². The van der Waals surface area contributed by atoms with Crippen molar-refractivity contribution in [3.63, 3.8) is 0 Å². The molecule has 0 bridgehead atoms. The first-order valence-corrected chi connectivity index (χ1v) is 7.04. The molecule has 0 heterocycles. The maximum Gasteiger partial charge on any atom is 0.0480 e. The number of aryl methyl sites for hydroxylation is 2. The van der Waals surface area contributed by atoms with E-state index in [1.54, 1.807) is 0 Å². The van der Waals surface area contributed by atoms with Gasteiger partial charge in [0.2, 0.25) is 0 Å². The summed E-state index contributed by atoms with van der Waals surface area (Å²) in [5.74, 6) is 0. The molecule has 0 fully saturated rings. The van der Waals surface area contributed by atoms with Gasteiger partial charge in [0.25, 0.3) is 0 Å². The highest BCUT2D eigenvalue weighted by atomic mass is 16.5. The lowest BCUT2D eigenvalue weighted by atomic mass is 9.97. The van der Waals surface area contributed by atoms with Crippen LogP contribution in [0.2, 0.25) is 0 Å². The van der Waals surface area contributed by atoms with Crippen molar-refractivity contribution >= 4 is 0 Å². The second-order valence-electron chi connectivity index (χ2n) is 4.87. The van der Waals surface area contributed by atoms with Gasteiger partial charge in [-0.2, -0.15) is 0 Å². The Bertz CT molecular complexity index is 349. The summed E-state index contributed by atoms with van der Waals surface area (Å²) in [6, 6.07) is 7.22. The van der Waals surface area contributed by atoms with E-state index in [0.29, 0.717) is 6.04 Å². The van der Waals surface area contributed by atoms with Crippen molar-refractivity contribution in [1.82, 2.24) is 5.32 Å². The average molecular weight is 249 g/mol. The van der Waals surface area contributed by atoms with Gasteiger partial charge in [0.05, 0.1) is 0 Å². The Morgan fingerprint density at radius 3 is 2.67 bits per heavy atom. The summed E-state index contributed by atoms with van der Waals surface area (Å²) in [5, 5.41) is 3.56. The Hall–Kier alpha value is -0.860. The van der Waals surface area contributed by atoms with E-state index < -0.39 is 0 Å². The second-order valence-corrected chi connectivity index (χ2v) is 4.87. The predicted octanol–water partition coefficient (Wildman–Crippen LogP) is 3.25. The molecule has 0 spiro atoms. The van der Waals surface area contributed by atoms with Crippen molar-refractivity contribution in [2.45, 2.75) is 46.6 Å². The number of hydrogen-bond donors (Lipinski definition) is 1. The zero-order chi connectivity index (χ0) is 13.4. The topological polar surface area (TPSA) is 21.3 Å². The molecule has 2 nitrogen and oxygen atoms in total. The van der Waals surface area contributed by atoms with Crippen LogP contribution in [0, 0.1) is 13.8 Å². The van der Waals surface area contributed by atoms with Crippen LogP contribution < -0.4 is 5.32 Å². The van der Waals surface area contributed by atoms with Gasteiger partial charge >= 0.3 is 0 Å². The van der Waals surface area contributed by atoms with E-state index in [-0.39, 0.29) is 0 Å². The lowest BCUT2D eigenvalue weighted by molar-refractivity contribution is 0.136. The highest BCUT2D eigenvalue weighted by Gasteiger charge is 2.10. The molecule has 0 saturated carbocycles. The van der Waals surface area contributed by atoms with Crippen molar-refractivity contribution in [3.8, 4) is 0 Å². The molecule has 0 radical (unpaired) electrons. The molecule has 1 aromatic carbocycles. The van der Waals surface area contributed by atoms with E-state index in [1.165, 1.54) is 16.7 Å². The van der Waals surface area contributed by atoms with Crippen LogP contribution in [-0.4, -0.2) is 25.8 Å². The molecule has 0 aliphatic rings. The second kappa shape index (κ2) is 8.28. The Balaban J connectivity index is 2.60. The minimum Gasteiger partial charge on any atom is -0.382 e. The molecule has 0 saturated heterocycles. The fraction of sp³-hybridized carbons (Fsp3) is 0.625. The molecule has 0 aliphatic heterocycles. The van der Waals surface area contributed by atoms with E-state index in [2.05, 4.69) is 44.3 Å². The molecular formula is C16H27NO. The van der Waals surface area contributed by atoms with Gasteiger partial charge in [0, 0.05) is 19.3 Å². The molecule has 1 N–H and O–H groups in total. The summed E-state index contributed by atoms with van der Waals surface area (Å²) in [6.07, 6.45) is 2.17. The zero-order valence-electron chi connectivity index (χ0n) is 12.3. The highest BCUT2D eigenvalue weighted by Crippen LogP contribution is 2.14. The van der Waals surface area contributed by atoms with Gasteiger partial charge < -0.3 is 10.1 Å². The van der Waals surface area contributed by atoms with Crippen molar-refractivity contribution in [3.05, 3.63) is 34.9 Å². The van der Waals surface area contributed by atoms with Crippen molar-refractivity contribution in [2.75, 3.05) is 19.8 Å². The summed E-state index contributed by atoms with van der Waals surface area (Å²) < 4.78 is 5.46. The van der Waals surface area contributed by atoms with Gasteiger partial charge in [0.15, 0.2) is 0 Å². The fourth-order valence-corrected chi connectivity index (χ4v) is 2.22. The number of likely N-dealkylation sites (N-methyl/N-ethyl adjacent to an activating group) is 1. The molecule has 0 aromatic heterocycles. The molecule has 18 heavy (non-hydrogen) atoms. The van der Waals surface area contributed by atoms with E-state index in [4.69, 9.17) is 4.74 Å². The van der Waals surface area contributed by atoms with E-state index in [9.17, 15) is 0 Å². The van der Waals surface area contributed by atoms with Crippen LogP contribution in [0.3, 0.4) is 0 Å². The van der Waals surface area contributed by atoms with Gasteiger partial charge in [-0.25, -0.2) is 0 Å². The van der Waals surface area contributed by atoms with Gasteiger partial charge in [-0.3, -0.25) is 0 Å². The van der Waals surface area contributed by atoms with Crippen LogP contribution in [0.1, 0.15) is 37.0 Å². The smallest absolute Gasteiger partial charge is 0.0480 e. The number of nitrogens with one attached hydrogen (secondary N) is 1.